The van der Waals surface area contributed by atoms with E-state index in [0.717, 1.165) is 68.1 Å². The Bertz CT molecular complexity index is 953. The minimum atomic E-state index is -0.289. The van der Waals surface area contributed by atoms with Gasteiger partial charge in [-0.1, -0.05) is 30.5 Å². The smallest absolute Gasteiger partial charge is 0.323 e. The summed E-state index contributed by atoms with van der Waals surface area (Å²) in [6.07, 6.45) is 7.09. The van der Waals surface area contributed by atoms with Crippen molar-refractivity contribution >= 4 is 29.1 Å². The zero-order chi connectivity index (χ0) is 22.5. The van der Waals surface area contributed by atoms with Crippen molar-refractivity contribution in [1.29, 1.82) is 0 Å². The van der Waals surface area contributed by atoms with Gasteiger partial charge in [0, 0.05) is 37.8 Å². The molecule has 0 unspecified atom stereocenters. The molecule has 0 atom stereocenters. The first kappa shape index (κ1) is 22.1. The number of aromatic nitrogens is 1. The first-order valence-electron chi connectivity index (χ1n) is 11.6. The number of carbonyl (C=O) groups excluding carboxylic acids is 2. The molecule has 1 aromatic heterocycles. The maximum absolute atomic E-state index is 12.8. The third kappa shape index (κ3) is 5.39. The van der Waals surface area contributed by atoms with E-state index >= 15 is 0 Å². The Balaban J connectivity index is 1.31. The number of anilines is 3. The van der Waals surface area contributed by atoms with Crippen LogP contribution in [0.25, 0.3) is 0 Å². The van der Waals surface area contributed by atoms with E-state index in [1.54, 1.807) is 6.20 Å². The van der Waals surface area contributed by atoms with Crippen LogP contribution in [0.2, 0.25) is 0 Å². The number of carbonyl (C=O) groups is 2. The lowest BCUT2D eigenvalue weighted by molar-refractivity contribution is -0.135. The van der Waals surface area contributed by atoms with Crippen LogP contribution in [0.5, 0.6) is 0 Å². The normalized spacial score (nSPS) is 17.2. The van der Waals surface area contributed by atoms with Gasteiger partial charge in [0.05, 0.1) is 11.9 Å². The van der Waals surface area contributed by atoms with Crippen LogP contribution in [0.1, 0.15) is 43.2 Å². The molecule has 2 N–H and O–H groups in total. The van der Waals surface area contributed by atoms with E-state index in [1.165, 1.54) is 12.8 Å². The van der Waals surface area contributed by atoms with Crippen molar-refractivity contribution in [3.63, 3.8) is 0 Å². The highest BCUT2D eigenvalue weighted by Crippen LogP contribution is 2.27. The molecular formula is C25H33N5O2. The van der Waals surface area contributed by atoms with Gasteiger partial charge in [-0.3, -0.25) is 4.79 Å². The number of hydrogen-bond acceptors (Lipinski definition) is 4. The molecule has 0 spiro atoms. The molecule has 1 aromatic carbocycles. The summed E-state index contributed by atoms with van der Waals surface area (Å²) >= 11 is 0. The van der Waals surface area contributed by atoms with E-state index in [4.69, 9.17) is 0 Å². The van der Waals surface area contributed by atoms with Gasteiger partial charge in [0.2, 0.25) is 5.91 Å². The quantitative estimate of drug-likeness (QED) is 0.737. The van der Waals surface area contributed by atoms with Gasteiger partial charge < -0.3 is 20.4 Å². The molecule has 4 rings (SSSR count). The maximum Gasteiger partial charge on any atom is 0.323 e. The topological polar surface area (TPSA) is 77.6 Å². The lowest BCUT2D eigenvalue weighted by atomic mass is 10.1. The van der Waals surface area contributed by atoms with Crippen molar-refractivity contribution < 1.29 is 9.59 Å². The number of rotatable bonds is 4. The average molecular weight is 436 g/mol. The van der Waals surface area contributed by atoms with Crippen molar-refractivity contribution in [2.24, 2.45) is 5.92 Å². The van der Waals surface area contributed by atoms with Gasteiger partial charge >= 0.3 is 6.03 Å². The molecule has 2 aromatic rings. The summed E-state index contributed by atoms with van der Waals surface area (Å²) in [6, 6.07) is 9.43. The van der Waals surface area contributed by atoms with E-state index in [1.807, 2.05) is 49.1 Å². The summed E-state index contributed by atoms with van der Waals surface area (Å²) in [5, 5.41) is 5.73. The summed E-state index contributed by atoms with van der Waals surface area (Å²) < 4.78 is 0. The van der Waals surface area contributed by atoms with E-state index in [-0.39, 0.29) is 11.9 Å². The molecule has 3 amide bonds. The van der Waals surface area contributed by atoms with E-state index in [2.05, 4.69) is 20.5 Å². The number of hydrogen-bond donors (Lipinski definition) is 2. The average Bonchev–Trinajstić information content (AvgIpc) is 3.21. The van der Waals surface area contributed by atoms with E-state index < -0.39 is 0 Å². The summed E-state index contributed by atoms with van der Waals surface area (Å²) in [6.45, 7) is 7.23. The predicted molar refractivity (Wildman–Crippen MR) is 128 cm³/mol. The van der Waals surface area contributed by atoms with Gasteiger partial charge in [0.25, 0.3) is 0 Å². The monoisotopic (exact) mass is 435 g/mol. The molecule has 2 heterocycles. The van der Waals surface area contributed by atoms with Crippen LogP contribution in [-0.2, 0) is 4.79 Å². The SMILES string of the molecule is Cc1ccc(NC(=O)Nc2ccc(N3CCCN(C(=O)C4CCCC4)CC3)nc2)c(C)c1. The van der Waals surface area contributed by atoms with Crippen LogP contribution in [0.15, 0.2) is 36.5 Å². The van der Waals surface area contributed by atoms with Crippen molar-refractivity contribution in [2.45, 2.75) is 46.0 Å². The minimum absolute atomic E-state index is 0.236. The first-order valence-corrected chi connectivity index (χ1v) is 11.6. The Morgan fingerprint density at radius 3 is 2.47 bits per heavy atom. The van der Waals surface area contributed by atoms with Crippen molar-refractivity contribution in [3.05, 3.63) is 47.7 Å². The second-order valence-electron chi connectivity index (χ2n) is 8.95. The lowest BCUT2D eigenvalue weighted by Crippen LogP contribution is -2.38. The molecule has 1 aliphatic heterocycles. The van der Waals surface area contributed by atoms with Crippen molar-refractivity contribution in [2.75, 3.05) is 41.7 Å². The number of urea groups is 1. The standard InChI is InChI=1S/C25H33N5O2/c1-18-8-10-22(19(2)16-18)28-25(32)27-21-9-11-23(26-17-21)29-12-5-13-30(15-14-29)24(31)20-6-3-4-7-20/h8-11,16-17,20H,3-7,12-15H2,1-2H3,(H2,27,28,32). The minimum Gasteiger partial charge on any atom is -0.355 e. The van der Waals surface area contributed by atoms with Gasteiger partial charge in [0.15, 0.2) is 0 Å². The molecule has 1 aliphatic carbocycles. The Morgan fingerprint density at radius 2 is 1.75 bits per heavy atom. The van der Waals surface area contributed by atoms with Crippen molar-refractivity contribution in [1.82, 2.24) is 9.88 Å². The number of nitrogens with zero attached hydrogens (tertiary/aromatic N) is 3. The maximum atomic E-state index is 12.8. The molecule has 2 fully saturated rings. The highest BCUT2D eigenvalue weighted by molar-refractivity contribution is 6.00. The Kier molecular flexibility index (Phi) is 6.93. The van der Waals surface area contributed by atoms with Gasteiger partial charge in [-0.2, -0.15) is 0 Å². The molecule has 1 saturated heterocycles. The Morgan fingerprint density at radius 1 is 0.938 bits per heavy atom. The third-order valence-electron chi connectivity index (χ3n) is 6.47. The highest BCUT2D eigenvalue weighted by Gasteiger charge is 2.28. The predicted octanol–water partition coefficient (Wildman–Crippen LogP) is 4.57. The summed E-state index contributed by atoms with van der Waals surface area (Å²) in [7, 11) is 0. The largest absolute Gasteiger partial charge is 0.355 e. The fourth-order valence-electron chi connectivity index (χ4n) is 4.68. The molecule has 32 heavy (non-hydrogen) atoms. The van der Waals surface area contributed by atoms with Crippen LogP contribution in [0, 0.1) is 19.8 Å². The summed E-state index contributed by atoms with van der Waals surface area (Å²) in [5.41, 5.74) is 3.62. The molecule has 0 bridgehead atoms. The molecule has 2 aliphatic rings. The molecule has 0 radical (unpaired) electrons. The lowest BCUT2D eigenvalue weighted by Gasteiger charge is -2.25. The zero-order valence-electron chi connectivity index (χ0n) is 19.1. The molecule has 7 heteroatoms. The fourth-order valence-corrected chi connectivity index (χ4v) is 4.68. The van der Waals surface area contributed by atoms with Crippen LogP contribution < -0.4 is 15.5 Å². The highest BCUT2D eigenvalue weighted by atomic mass is 16.2. The molecule has 170 valence electrons. The number of nitrogens with one attached hydrogen (secondary N) is 2. The fraction of sp³-hybridized carbons (Fsp3) is 0.480. The third-order valence-corrected chi connectivity index (χ3v) is 6.47. The Labute approximate surface area is 190 Å². The van der Waals surface area contributed by atoms with Crippen LogP contribution >= 0.6 is 0 Å². The molecule has 1 saturated carbocycles. The number of amides is 3. The van der Waals surface area contributed by atoms with Crippen molar-refractivity contribution in [3.8, 4) is 0 Å². The van der Waals surface area contributed by atoms with Gasteiger partial charge in [-0.05, 0) is 56.9 Å². The van der Waals surface area contributed by atoms with Gasteiger partial charge in [0.1, 0.15) is 5.82 Å². The van der Waals surface area contributed by atoms with Crippen LogP contribution in [0.4, 0.5) is 22.0 Å². The zero-order valence-corrected chi connectivity index (χ0v) is 19.1. The first-order chi connectivity index (χ1) is 15.5. The molecule has 7 nitrogen and oxygen atoms in total. The second-order valence-corrected chi connectivity index (χ2v) is 8.95. The van der Waals surface area contributed by atoms with E-state index in [9.17, 15) is 9.59 Å². The van der Waals surface area contributed by atoms with Crippen LogP contribution in [0.3, 0.4) is 0 Å². The second kappa shape index (κ2) is 10.0. The van der Waals surface area contributed by atoms with Gasteiger partial charge in [-0.15, -0.1) is 0 Å². The summed E-state index contributed by atoms with van der Waals surface area (Å²) in [4.78, 5) is 33.9. The van der Waals surface area contributed by atoms with Gasteiger partial charge in [-0.25, -0.2) is 9.78 Å². The summed E-state index contributed by atoms with van der Waals surface area (Å²) in [5.74, 6) is 1.45. The van der Waals surface area contributed by atoms with E-state index in [0.29, 0.717) is 11.6 Å². The number of aryl methyl sites for hydroxylation is 2. The molecular weight excluding hydrogens is 402 g/mol. The Hall–Kier alpha value is -3.09. The number of pyridine rings is 1. The number of benzene rings is 1. The van der Waals surface area contributed by atoms with Crippen LogP contribution in [-0.4, -0.2) is 48.0 Å².